The number of pyridine rings is 1. The van der Waals surface area contributed by atoms with Crippen LogP contribution in [0.25, 0.3) is 0 Å². The fraction of sp³-hybridized carbons (Fsp3) is 0.667. The van der Waals surface area contributed by atoms with Gasteiger partial charge in [-0.3, -0.25) is 0 Å². The molecule has 0 amide bonds. The smallest absolute Gasteiger partial charge is 0.131 e. The van der Waals surface area contributed by atoms with Gasteiger partial charge in [-0.2, -0.15) is 0 Å². The van der Waals surface area contributed by atoms with Gasteiger partial charge in [-0.05, 0) is 43.7 Å². The highest BCUT2D eigenvalue weighted by molar-refractivity contribution is 9.08. The van der Waals surface area contributed by atoms with Crippen LogP contribution in [0.5, 0.6) is 0 Å². The van der Waals surface area contributed by atoms with E-state index in [1.807, 2.05) is 6.20 Å². The largest absolute Gasteiger partial charge is 0.383 e. The molecule has 1 aromatic heterocycles. The van der Waals surface area contributed by atoms with E-state index in [2.05, 4.69) is 45.7 Å². The third kappa shape index (κ3) is 3.69. The van der Waals surface area contributed by atoms with E-state index in [4.69, 9.17) is 4.74 Å². The molecule has 0 aliphatic heterocycles. The van der Waals surface area contributed by atoms with Crippen LogP contribution in [0.4, 0.5) is 5.82 Å². The minimum Gasteiger partial charge on any atom is -0.383 e. The van der Waals surface area contributed by atoms with Gasteiger partial charge in [0.1, 0.15) is 5.82 Å². The first kappa shape index (κ1) is 14.8. The van der Waals surface area contributed by atoms with Crippen molar-refractivity contribution in [3.8, 4) is 0 Å². The normalized spacial score (nSPS) is 16.4. The molecule has 1 aliphatic rings. The highest BCUT2D eigenvalue weighted by Gasteiger charge is 2.33. The van der Waals surface area contributed by atoms with Crippen LogP contribution in [0.3, 0.4) is 0 Å². The van der Waals surface area contributed by atoms with Crippen molar-refractivity contribution in [3.05, 3.63) is 23.4 Å². The Labute approximate surface area is 124 Å². The summed E-state index contributed by atoms with van der Waals surface area (Å²) in [6, 6.07) is 2.77. The summed E-state index contributed by atoms with van der Waals surface area (Å²) in [4.78, 5) is 7.09. The van der Waals surface area contributed by atoms with Gasteiger partial charge in [-0.1, -0.05) is 22.0 Å². The lowest BCUT2D eigenvalue weighted by molar-refractivity contribution is 0.202. The molecule has 0 N–H and O–H groups in total. The fourth-order valence-electron chi connectivity index (χ4n) is 2.52. The van der Waals surface area contributed by atoms with Gasteiger partial charge in [0.05, 0.1) is 6.61 Å². The Kier molecular flexibility index (Phi) is 5.22. The van der Waals surface area contributed by atoms with Crippen LogP contribution >= 0.6 is 15.9 Å². The van der Waals surface area contributed by atoms with Crippen molar-refractivity contribution in [1.82, 2.24) is 4.98 Å². The number of rotatable bonds is 7. The number of aryl methyl sites for hydroxylation is 1. The molecule has 0 aromatic carbocycles. The molecule has 19 heavy (non-hydrogen) atoms. The number of hydrogen-bond acceptors (Lipinski definition) is 3. The zero-order valence-corrected chi connectivity index (χ0v) is 13.6. The van der Waals surface area contributed by atoms with Crippen molar-refractivity contribution in [2.75, 3.05) is 25.2 Å². The maximum atomic E-state index is 5.25. The van der Waals surface area contributed by atoms with Gasteiger partial charge in [-0.25, -0.2) is 4.98 Å². The lowest BCUT2D eigenvalue weighted by Crippen LogP contribution is -2.38. The number of nitrogens with zero attached hydrogens (tertiary/aromatic N) is 2. The topological polar surface area (TPSA) is 25.4 Å². The van der Waals surface area contributed by atoms with Crippen LogP contribution in [-0.4, -0.2) is 31.3 Å². The number of anilines is 1. The van der Waals surface area contributed by atoms with E-state index in [9.17, 15) is 0 Å². The van der Waals surface area contributed by atoms with Gasteiger partial charge in [-0.15, -0.1) is 0 Å². The van der Waals surface area contributed by atoms with Crippen LogP contribution in [-0.2, 0) is 10.1 Å². The molecule has 2 rings (SSSR count). The van der Waals surface area contributed by atoms with E-state index in [0.29, 0.717) is 6.04 Å². The summed E-state index contributed by atoms with van der Waals surface area (Å²) >= 11 is 3.48. The molecule has 0 radical (unpaired) electrons. The molecule has 1 aromatic rings. The second-order valence-electron chi connectivity index (χ2n) is 5.38. The number of hydrogen-bond donors (Lipinski definition) is 0. The Bertz CT molecular complexity index is 421. The number of halogens is 1. The zero-order chi connectivity index (χ0) is 13.8. The molecule has 1 aliphatic carbocycles. The van der Waals surface area contributed by atoms with Crippen LogP contribution in [0.1, 0.15) is 30.9 Å². The molecule has 0 saturated heterocycles. The minimum absolute atomic E-state index is 0.552. The van der Waals surface area contributed by atoms with Gasteiger partial charge < -0.3 is 9.64 Å². The van der Waals surface area contributed by atoms with E-state index in [1.165, 1.54) is 24.0 Å². The van der Waals surface area contributed by atoms with E-state index in [1.54, 1.807) is 7.11 Å². The van der Waals surface area contributed by atoms with E-state index >= 15 is 0 Å². The summed E-state index contributed by atoms with van der Waals surface area (Å²) in [7, 11) is 1.76. The Morgan fingerprint density at radius 3 is 2.79 bits per heavy atom. The highest BCUT2D eigenvalue weighted by Crippen LogP contribution is 2.37. The average molecular weight is 327 g/mol. The SMILES string of the molecule is COCCN(c1ncc(CBr)cc1C)C(C)C1CC1. The van der Waals surface area contributed by atoms with E-state index in [0.717, 1.165) is 30.2 Å². The van der Waals surface area contributed by atoms with Crippen molar-refractivity contribution in [2.24, 2.45) is 5.92 Å². The summed E-state index contributed by atoms with van der Waals surface area (Å²) < 4.78 is 5.25. The van der Waals surface area contributed by atoms with E-state index < -0.39 is 0 Å². The van der Waals surface area contributed by atoms with Crippen LogP contribution in [0.2, 0.25) is 0 Å². The van der Waals surface area contributed by atoms with Crippen molar-refractivity contribution in [3.63, 3.8) is 0 Å². The van der Waals surface area contributed by atoms with Gasteiger partial charge in [0, 0.05) is 31.2 Å². The second-order valence-corrected chi connectivity index (χ2v) is 5.94. The summed E-state index contributed by atoms with van der Waals surface area (Å²) in [5.74, 6) is 1.94. The van der Waals surface area contributed by atoms with Crippen molar-refractivity contribution < 1.29 is 4.74 Å². The lowest BCUT2D eigenvalue weighted by Gasteiger charge is -2.31. The first-order chi connectivity index (χ1) is 9.17. The maximum absolute atomic E-state index is 5.25. The quantitative estimate of drug-likeness (QED) is 0.716. The molecular formula is C15H23BrN2O. The molecule has 1 unspecified atom stereocenters. The molecular weight excluding hydrogens is 304 g/mol. The van der Waals surface area contributed by atoms with Crippen LogP contribution < -0.4 is 4.90 Å². The standard InChI is InChI=1S/C15H23BrN2O/c1-11-8-13(9-16)10-17-15(11)18(6-7-19-3)12(2)14-4-5-14/h8,10,12,14H,4-7,9H2,1-3H3. The molecule has 1 fully saturated rings. The summed E-state index contributed by atoms with van der Waals surface area (Å²) in [5, 5.41) is 0.859. The maximum Gasteiger partial charge on any atom is 0.131 e. The Hall–Kier alpha value is -0.610. The minimum atomic E-state index is 0.552. The number of alkyl halides is 1. The van der Waals surface area contributed by atoms with Gasteiger partial charge >= 0.3 is 0 Å². The monoisotopic (exact) mass is 326 g/mol. The Balaban J connectivity index is 2.20. The molecule has 4 heteroatoms. The van der Waals surface area contributed by atoms with Gasteiger partial charge in [0.25, 0.3) is 0 Å². The van der Waals surface area contributed by atoms with Crippen molar-refractivity contribution in [2.45, 2.75) is 38.1 Å². The third-order valence-corrected chi connectivity index (χ3v) is 4.51. The molecule has 0 bridgehead atoms. The lowest BCUT2D eigenvalue weighted by atomic mass is 10.1. The molecule has 0 spiro atoms. The van der Waals surface area contributed by atoms with Crippen LogP contribution in [0, 0.1) is 12.8 Å². The van der Waals surface area contributed by atoms with Gasteiger partial charge in [0.2, 0.25) is 0 Å². The van der Waals surface area contributed by atoms with Gasteiger partial charge in [0.15, 0.2) is 0 Å². The van der Waals surface area contributed by atoms with Crippen molar-refractivity contribution >= 4 is 21.7 Å². The first-order valence-electron chi connectivity index (χ1n) is 6.94. The predicted molar refractivity (Wildman–Crippen MR) is 83.0 cm³/mol. The Morgan fingerprint density at radius 1 is 1.53 bits per heavy atom. The first-order valence-corrected chi connectivity index (χ1v) is 8.06. The summed E-state index contributed by atoms with van der Waals surface area (Å²) in [6.07, 6.45) is 4.67. The number of aromatic nitrogens is 1. The fourth-order valence-corrected chi connectivity index (χ4v) is 2.83. The summed E-state index contributed by atoms with van der Waals surface area (Å²) in [5.41, 5.74) is 2.48. The Morgan fingerprint density at radius 2 is 2.26 bits per heavy atom. The zero-order valence-electron chi connectivity index (χ0n) is 12.0. The number of methoxy groups -OCH3 is 1. The highest BCUT2D eigenvalue weighted by atomic mass is 79.9. The number of ether oxygens (including phenoxy) is 1. The molecule has 3 nitrogen and oxygen atoms in total. The molecule has 106 valence electrons. The average Bonchev–Trinajstić information content (AvgIpc) is 3.24. The summed E-state index contributed by atoms with van der Waals surface area (Å²) in [6.45, 7) is 6.12. The second kappa shape index (κ2) is 6.71. The van der Waals surface area contributed by atoms with E-state index in [-0.39, 0.29) is 0 Å². The molecule has 1 saturated carbocycles. The molecule has 1 atom stereocenters. The van der Waals surface area contributed by atoms with Crippen LogP contribution in [0.15, 0.2) is 12.3 Å². The third-order valence-electron chi connectivity index (χ3n) is 3.87. The predicted octanol–water partition coefficient (Wildman–Crippen LogP) is 3.54. The molecule has 1 heterocycles. The van der Waals surface area contributed by atoms with Crippen molar-refractivity contribution in [1.29, 1.82) is 0 Å².